The fraction of sp³-hybridized carbons (Fsp3) is 1.00. The van der Waals surface area contributed by atoms with Gasteiger partial charge in [-0.1, -0.05) is 20.3 Å². The first kappa shape index (κ1) is 13.4. The molecule has 2 saturated heterocycles. The molecule has 17 heavy (non-hydrogen) atoms. The van der Waals surface area contributed by atoms with E-state index < -0.39 is 0 Å². The van der Waals surface area contributed by atoms with E-state index in [1.165, 1.54) is 45.2 Å². The Labute approximate surface area is 107 Å². The molecule has 2 unspecified atom stereocenters. The molecule has 0 aromatic rings. The fourth-order valence-electron chi connectivity index (χ4n) is 4.07. The van der Waals surface area contributed by atoms with Crippen LogP contribution in [0.4, 0.5) is 0 Å². The van der Waals surface area contributed by atoms with Gasteiger partial charge in [0.15, 0.2) is 0 Å². The van der Waals surface area contributed by atoms with Crippen LogP contribution in [0.1, 0.15) is 59.8 Å². The van der Waals surface area contributed by atoms with Crippen molar-refractivity contribution >= 4 is 0 Å². The summed E-state index contributed by atoms with van der Waals surface area (Å²) >= 11 is 0. The highest BCUT2D eigenvalue weighted by Crippen LogP contribution is 2.38. The summed E-state index contributed by atoms with van der Waals surface area (Å²) < 4.78 is 0. The third-order valence-corrected chi connectivity index (χ3v) is 5.05. The smallest absolute Gasteiger partial charge is 0.0360 e. The Hall–Kier alpha value is -0.0800. The quantitative estimate of drug-likeness (QED) is 0.813. The van der Waals surface area contributed by atoms with Gasteiger partial charge >= 0.3 is 0 Å². The van der Waals surface area contributed by atoms with E-state index in [0.717, 1.165) is 12.0 Å². The molecule has 2 rings (SSSR count). The lowest BCUT2D eigenvalue weighted by atomic mass is 9.72. The second-order valence-electron chi connectivity index (χ2n) is 6.57. The molecule has 0 aliphatic carbocycles. The van der Waals surface area contributed by atoms with Crippen LogP contribution in [0.15, 0.2) is 0 Å². The Balaban J connectivity index is 2.20. The lowest BCUT2D eigenvalue weighted by Gasteiger charge is -2.50. The van der Waals surface area contributed by atoms with Crippen molar-refractivity contribution in [2.24, 2.45) is 5.92 Å². The van der Waals surface area contributed by atoms with Crippen LogP contribution in [0.2, 0.25) is 0 Å². The predicted octanol–water partition coefficient (Wildman–Crippen LogP) is 3.03. The maximum absolute atomic E-state index is 3.92. The van der Waals surface area contributed by atoms with Gasteiger partial charge in [0.05, 0.1) is 0 Å². The molecule has 0 radical (unpaired) electrons. The van der Waals surface area contributed by atoms with Gasteiger partial charge in [-0.15, -0.1) is 0 Å². The third-order valence-electron chi connectivity index (χ3n) is 5.05. The van der Waals surface area contributed by atoms with Crippen molar-refractivity contribution in [3.8, 4) is 0 Å². The molecule has 2 nitrogen and oxygen atoms in total. The average Bonchev–Trinajstić information content (AvgIpc) is 2.79. The molecular weight excluding hydrogens is 208 g/mol. The zero-order valence-corrected chi connectivity index (χ0v) is 12.1. The van der Waals surface area contributed by atoms with Gasteiger partial charge in [0.1, 0.15) is 0 Å². The van der Waals surface area contributed by atoms with Crippen molar-refractivity contribution in [1.82, 2.24) is 10.2 Å². The molecule has 2 fully saturated rings. The van der Waals surface area contributed by atoms with E-state index in [0.29, 0.717) is 11.6 Å². The van der Waals surface area contributed by atoms with Crippen LogP contribution in [0.3, 0.4) is 0 Å². The Kier molecular flexibility index (Phi) is 4.14. The first-order valence-electron chi connectivity index (χ1n) is 7.58. The van der Waals surface area contributed by atoms with Crippen molar-refractivity contribution in [3.63, 3.8) is 0 Å². The molecule has 0 aromatic heterocycles. The summed E-state index contributed by atoms with van der Waals surface area (Å²) in [6, 6.07) is 1.46. The molecule has 1 N–H and O–H groups in total. The summed E-state index contributed by atoms with van der Waals surface area (Å²) in [7, 11) is 0. The summed E-state index contributed by atoms with van der Waals surface area (Å²) in [4.78, 5) is 2.75. The molecule has 2 atom stereocenters. The number of nitrogens with zero attached hydrogens (tertiary/aromatic N) is 1. The largest absolute Gasteiger partial charge is 0.310 e. The van der Waals surface area contributed by atoms with Gasteiger partial charge in [0, 0.05) is 17.6 Å². The van der Waals surface area contributed by atoms with Gasteiger partial charge in [0.2, 0.25) is 0 Å². The second-order valence-corrected chi connectivity index (χ2v) is 6.57. The lowest BCUT2D eigenvalue weighted by molar-refractivity contribution is 0.0506. The van der Waals surface area contributed by atoms with Crippen molar-refractivity contribution in [3.05, 3.63) is 0 Å². The van der Waals surface area contributed by atoms with Crippen molar-refractivity contribution < 1.29 is 0 Å². The van der Waals surface area contributed by atoms with E-state index in [1.807, 2.05) is 0 Å². The van der Waals surface area contributed by atoms with Crippen LogP contribution in [0.5, 0.6) is 0 Å². The van der Waals surface area contributed by atoms with E-state index in [4.69, 9.17) is 0 Å². The topological polar surface area (TPSA) is 15.3 Å². The summed E-state index contributed by atoms with van der Waals surface area (Å²) in [5.74, 6) is 0.743. The van der Waals surface area contributed by atoms with Crippen molar-refractivity contribution in [1.29, 1.82) is 0 Å². The molecule has 0 bridgehead atoms. The molecule has 0 spiro atoms. The lowest BCUT2D eigenvalue weighted by Crippen LogP contribution is -2.64. The van der Waals surface area contributed by atoms with Gasteiger partial charge in [-0.25, -0.2) is 0 Å². The van der Waals surface area contributed by atoms with Crippen LogP contribution in [-0.4, -0.2) is 35.6 Å². The average molecular weight is 238 g/mol. The van der Waals surface area contributed by atoms with E-state index in [1.54, 1.807) is 0 Å². The molecule has 2 aliphatic rings. The highest BCUT2D eigenvalue weighted by molar-refractivity contribution is 5.06. The number of nitrogens with one attached hydrogen (secondary N) is 1. The van der Waals surface area contributed by atoms with Gasteiger partial charge in [-0.2, -0.15) is 0 Å². The van der Waals surface area contributed by atoms with Gasteiger partial charge in [-0.05, 0) is 58.5 Å². The standard InChI is InChI=1S/C15H30N2/c1-12(2)15(9-5-6-10-16-15)14-8-7-11-17(14)13(3)4/h12-14,16H,5-11H2,1-4H3. The van der Waals surface area contributed by atoms with E-state index >= 15 is 0 Å². The van der Waals surface area contributed by atoms with Crippen LogP contribution in [0, 0.1) is 5.92 Å². The summed E-state index contributed by atoms with van der Waals surface area (Å²) in [5, 5.41) is 3.92. The molecule has 2 aliphatic heterocycles. The Morgan fingerprint density at radius 3 is 2.41 bits per heavy atom. The molecule has 2 heteroatoms. The minimum atomic E-state index is 0.388. The van der Waals surface area contributed by atoms with E-state index in [9.17, 15) is 0 Å². The molecule has 0 aromatic carbocycles. The third kappa shape index (κ3) is 2.39. The Morgan fingerprint density at radius 2 is 1.88 bits per heavy atom. The van der Waals surface area contributed by atoms with Crippen LogP contribution in [0.25, 0.3) is 0 Å². The van der Waals surface area contributed by atoms with Crippen LogP contribution < -0.4 is 5.32 Å². The summed E-state index contributed by atoms with van der Waals surface area (Å²) in [6.07, 6.45) is 6.93. The Morgan fingerprint density at radius 1 is 1.12 bits per heavy atom. The molecule has 0 saturated carbocycles. The molecule has 100 valence electrons. The SMILES string of the molecule is CC(C)N1CCCC1C1(C(C)C)CCCCN1. The zero-order chi connectivity index (χ0) is 12.5. The van der Waals surface area contributed by atoms with E-state index in [2.05, 4.69) is 37.9 Å². The van der Waals surface area contributed by atoms with Crippen molar-refractivity contribution in [2.75, 3.05) is 13.1 Å². The summed E-state index contributed by atoms with van der Waals surface area (Å²) in [6.45, 7) is 12.1. The van der Waals surface area contributed by atoms with Crippen molar-refractivity contribution in [2.45, 2.75) is 77.4 Å². The number of likely N-dealkylation sites (tertiary alicyclic amines) is 1. The maximum Gasteiger partial charge on any atom is 0.0360 e. The summed E-state index contributed by atoms with van der Waals surface area (Å²) in [5.41, 5.74) is 0.388. The number of hydrogen-bond donors (Lipinski definition) is 1. The molecule has 0 amide bonds. The van der Waals surface area contributed by atoms with E-state index in [-0.39, 0.29) is 0 Å². The number of piperidine rings is 1. The highest BCUT2D eigenvalue weighted by Gasteiger charge is 2.46. The number of hydrogen-bond acceptors (Lipinski definition) is 2. The second kappa shape index (κ2) is 5.27. The Bertz CT molecular complexity index is 241. The minimum Gasteiger partial charge on any atom is -0.310 e. The van der Waals surface area contributed by atoms with Crippen LogP contribution >= 0.6 is 0 Å². The first-order chi connectivity index (χ1) is 8.08. The highest BCUT2D eigenvalue weighted by atomic mass is 15.2. The fourth-order valence-corrected chi connectivity index (χ4v) is 4.07. The molecule has 2 heterocycles. The monoisotopic (exact) mass is 238 g/mol. The first-order valence-corrected chi connectivity index (χ1v) is 7.58. The van der Waals surface area contributed by atoms with Crippen LogP contribution in [-0.2, 0) is 0 Å². The van der Waals surface area contributed by atoms with Gasteiger partial charge in [-0.3, -0.25) is 4.90 Å². The predicted molar refractivity (Wildman–Crippen MR) is 74.3 cm³/mol. The molecular formula is C15H30N2. The maximum atomic E-state index is 3.92. The van der Waals surface area contributed by atoms with Gasteiger partial charge in [0.25, 0.3) is 0 Å². The minimum absolute atomic E-state index is 0.388. The zero-order valence-electron chi connectivity index (χ0n) is 12.1. The van der Waals surface area contributed by atoms with Gasteiger partial charge < -0.3 is 5.32 Å². The normalized spacial score (nSPS) is 36.0. The number of rotatable bonds is 3.